The van der Waals surface area contributed by atoms with Gasteiger partial charge in [-0.1, -0.05) is 6.92 Å². The molecule has 0 unspecified atom stereocenters. The van der Waals surface area contributed by atoms with E-state index in [1.165, 1.54) is 18.0 Å². The van der Waals surface area contributed by atoms with Crippen LogP contribution in [0.25, 0.3) is 5.52 Å². The van der Waals surface area contributed by atoms with Gasteiger partial charge in [-0.2, -0.15) is 10.4 Å². The van der Waals surface area contributed by atoms with Crippen LogP contribution in [0.3, 0.4) is 0 Å². The maximum absolute atomic E-state index is 11.3. The summed E-state index contributed by atoms with van der Waals surface area (Å²) < 4.78 is 1.59. The minimum atomic E-state index is -0.504. The van der Waals surface area contributed by atoms with E-state index in [1.807, 2.05) is 13.0 Å². The normalized spacial score (nSPS) is 10.4. The highest BCUT2D eigenvalue weighted by atomic mass is 32.2. The number of aromatic nitrogens is 2. The van der Waals surface area contributed by atoms with Crippen molar-refractivity contribution in [3.05, 3.63) is 29.6 Å². The van der Waals surface area contributed by atoms with Crippen LogP contribution in [0, 0.1) is 11.3 Å². The van der Waals surface area contributed by atoms with Crippen LogP contribution in [-0.4, -0.2) is 21.3 Å². The summed E-state index contributed by atoms with van der Waals surface area (Å²) in [5, 5.41) is 12.9. The summed E-state index contributed by atoms with van der Waals surface area (Å²) in [5.74, 6) is 0.308. The molecule has 0 atom stereocenters. The maximum Gasteiger partial charge on any atom is 0.251 e. The maximum atomic E-state index is 11.3. The van der Waals surface area contributed by atoms with Gasteiger partial charge in [0.25, 0.3) is 5.91 Å². The number of nitrogens with two attached hydrogens (primary N) is 1. The van der Waals surface area contributed by atoms with Crippen molar-refractivity contribution in [2.45, 2.75) is 11.8 Å². The highest BCUT2D eigenvalue weighted by Crippen LogP contribution is 2.27. The zero-order valence-corrected chi connectivity index (χ0v) is 9.99. The van der Waals surface area contributed by atoms with Gasteiger partial charge in [0.15, 0.2) is 0 Å². The molecule has 0 spiro atoms. The molecule has 2 aromatic heterocycles. The number of thioether (sulfide) groups is 1. The SMILES string of the molecule is CCSc1c(C(N)=O)cnn2cc(C#N)cc12. The molecule has 2 N–H and O–H groups in total. The van der Waals surface area contributed by atoms with Gasteiger partial charge in [0.05, 0.1) is 22.8 Å². The van der Waals surface area contributed by atoms with E-state index < -0.39 is 5.91 Å². The summed E-state index contributed by atoms with van der Waals surface area (Å²) in [5.41, 5.74) is 6.96. The fraction of sp³-hybridized carbons (Fsp3) is 0.182. The van der Waals surface area contributed by atoms with Crippen molar-refractivity contribution in [2.24, 2.45) is 5.73 Å². The first-order valence-corrected chi connectivity index (χ1v) is 6.00. The first-order valence-electron chi connectivity index (χ1n) is 5.01. The third kappa shape index (κ3) is 1.97. The topological polar surface area (TPSA) is 84.2 Å². The lowest BCUT2D eigenvalue weighted by Gasteiger charge is -2.06. The van der Waals surface area contributed by atoms with Gasteiger partial charge in [0.1, 0.15) is 6.07 Å². The molecule has 0 aliphatic carbocycles. The van der Waals surface area contributed by atoms with E-state index >= 15 is 0 Å². The number of nitrogens with zero attached hydrogens (tertiary/aromatic N) is 3. The molecule has 0 fully saturated rings. The number of carbonyl (C=O) groups is 1. The third-order valence-corrected chi connectivity index (χ3v) is 3.28. The van der Waals surface area contributed by atoms with Crippen LogP contribution in [0.5, 0.6) is 0 Å². The molecule has 0 saturated carbocycles. The molecular formula is C11H10N4OS. The second-order valence-corrected chi connectivity index (χ2v) is 4.63. The fourth-order valence-corrected chi connectivity index (χ4v) is 2.46. The Morgan fingerprint density at radius 3 is 3.06 bits per heavy atom. The highest BCUT2D eigenvalue weighted by Gasteiger charge is 2.14. The van der Waals surface area contributed by atoms with Crippen molar-refractivity contribution >= 4 is 23.2 Å². The fourth-order valence-electron chi connectivity index (χ4n) is 1.57. The molecule has 1 amide bonds. The number of hydrogen-bond acceptors (Lipinski definition) is 4. The number of amides is 1. The molecule has 6 heteroatoms. The lowest BCUT2D eigenvalue weighted by Crippen LogP contribution is -2.14. The average molecular weight is 246 g/mol. The summed E-state index contributed by atoms with van der Waals surface area (Å²) in [6.45, 7) is 1.99. The third-order valence-electron chi connectivity index (χ3n) is 2.27. The second kappa shape index (κ2) is 4.47. The van der Waals surface area contributed by atoms with E-state index in [4.69, 9.17) is 11.0 Å². The van der Waals surface area contributed by atoms with Gasteiger partial charge in [-0.15, -0.1) is 11.8 Å². The van der Waals surface area contributed by atoms with Gasteiger partial charge >= 0.3 is 0 Å². The van der Waals surface area contributed by atoms with E-state index in [0.29, 0.717) is 11.1 Å². The molecular weight excluding hydrogens is 236 g/mol. The second-order valence-electron chi connectivity index (χ2n) is 3.36. The largest absolute Gasteiger partial charge is 0.366 e. The van der Waals surface area contributed by atoms with Gasteiger partial charge in [0, 0.05) is 11.1 Å². The Kier molecular flexibility index (Phi) is 3.02. The van der Waals surface area contributed by atoms with Crippen molar-refractivity contribution in [3.63, 3.8) is 0 Å². The van der Waals surface area contributed by atoms with E-state index in [1.54, 1.807) is 16.8 Å². The molecule has 0 saturated heterocycles. The van der Waals surface area contributed by atoms with Crippen LogP contribution < -0.4 is 5.73 Å². The summed E-state index contributed by atoms with van der Waals surface area (Å²) in [7, 11) is 0. The van der Waals surface area contributed by atoms with Crippen LogP contribution in [0.4, 0.5) is 0 Å². The molecule has 2 rings (SSSR count). The average Bonchev–Trinajstić information content (AvgIpc) is 2.72. The minimum Gasteiger partial charge on any atom is -0.366 e. The number of nitriles is 1. The van der Waals surface area contributed by atoms with Crippen molar-refractivity contribution in [1.29, 1.82) is 5.26 Å². The quantitative estimate of drug-likeness (QED) is 0.830. The summed E-state index contributed by atoms with van der Waals surface area (Å²) in [4.78, 5) is 12.1. The molecule has 0 aliphatic rings. The van der Waals surface area contributed by atoms with Crippen molar-refractivity contribution < 1.29 is 4.79 Å². The highest BCUT2D eigenvalue weighted by molar-refractivity contribution is 7.99. The van der Waals surface area contributed by atoms with E-state index in [-0.39, 0.29) is 0 Å². The van der Waals surface area contributed by atoms with Gasteiger partial charge < -0.3 is 5.73 Å². The van der Waals surface area contributed by atoms with Gasteiger partial charge in [-0.05, 0) is 11.8 Å². The Labute approximate surface area is 102 Å². The van der Waals surface area contributed by atoms with Crippen molar-refractivity contribution in [2.75, 3.05) is 5.75 Å². The Balaban J connectivity index is 2.74. The molecule has 0 radical (unpaired) electrons. The summed E-state index contributed by atoms with van der Waals surface area (Å²) >= 11 is 1.51. The van der Waals surface area contributed by atoms with Crippen LogP contribution in [0.1, 0.15) is 22.8 Å². The molecule has 2 aromatic rings. The van der Waals surface area contributed by atoms with Gasteiger partial charge in [-0.25, -0.2) is 4.52 Å². The molecule has 0 aromatic carbocycles. The molecule has 5 nitrogen and oxygen atoms in total. The Hall–Kier alpha value is -2.00. The first-order chi connectivity index (χ1) is 8.17. The lowest BCUT2D eigenvalue weighted by molar-refractivity contribution is 0.0997. The molecule has 86 valence electrons. The van der Waals surface area contributed by atoms with E-state index in [0.717, 1.165) is 16.2 Å². The smallest absolute Gasteiger partial charge is 0.251 e. The molecule has 17 heavy (non-hydrogen) atoms. The molecule has 0 bridgehead atoms. The van der Waals surface area contributed by atoms with Crippen LogP contribution >= 0.6 is 11.8 Å². The number of fused-ring (bicyclic) bond motifs is 1. The Bertz CT molecular complexity index is 626. The van der Waals surface area contributed by atoms with Crippen LogP contribution in [0.2, 0.25) is 0 Å². The van der Waals surface area contributed by atoms with Crippen molar-refractivity contribution in [3.8, 4) is 6.07 Å². The summed E-state index contributed by atoms with van der Waals surface area (Å²) in [6.07, 6.45) is 3.06. The first kappa shape index (κ1) is 11.5. The van der Waals surface area contributed by atoms with Gasteiger partial charge in [0.2, 0.25) is 0 Å². The van der Waals surface area contributed by atoms with E-state index in [9.17, 15) is 4.79 Å². The van der Waals surface area contributed by atoms with Gasteiger partial charge in [-0.3, -0.25) is 4.79 Å². The minimum absolute atomic E-state index is 0.395. The number of carbonyl (C=O) groups excluding carboxylic acids is 1. The monoisotopic (exact) mass is 246 g/mol. The molecule has 2 heterocycles. The zero-order chi connectivity index (χ0) is 12.4. The lowest BCUT2D eigenvalue weighted by atomic mass is 10.2. The summed E-state index contributed by atoms with van der Waals surface area (Å²) in [6, 6.07) is 3.75. The van der Waals surface area contributed by atoms with Crippen LogP contribution in [-0.2, 0) is 0 Å². The van der Waals surface area contributed by atoms with Crippen LogP contribution in [0.15, 0.2) is 23.4 Å². The zero-order valence-electron chi connectivity index (χ0n) is 9.17. The Morgan fingerprint density at radius 1 is 1.71 bits per heavy atom. The standard InChI is InChI=1S/C11H10N4OS/c1-2-17-10-8(11(13)16)5-14-15-6-7(4-12)3-9(10)15/h3,5-6H,2H2,1H3,(H2,13,16). The molecule has 0 aliphatic heterocycles. The number of primary amides is 1. The van der Waals surface area contributed by atoms with Crippen molar-refractivity contribution in [1.82, 2.24) is 9.61 Å². The Morgan fingerprint density at radius 2 is 2.47 bits per heavy atom. The number of rotatable bonds is 3. The predicted molar refractivity (Wildman–Crippen MR) is 64.8 cm³/mol. The predicted octanol–water partition coefficient (Wildman–Crippen LogP) is 1.42. The number of hydrogen-bond donors (Lipinski definition) is 1. The van der Waals surface area contributed by atoms with E-state index in [2.05, 4.69) is 5.10 Å².